The quantitative estimate of drug-likeness (QED) is 0.103. The van der Waals surface area contributed by atoms with E-state index in [2.05, 4.69) is 18.6 Å². The zero-order valence-electron chi connectivity index (χ0n) is 23.9. The molecule has 0 radical (unpaired) electrons. The molecule has 0 amide bonds. The van der Waals surface area contributed by atoms with Crippen LogP contribution < -0.4 is 28.7 Å². The topological polar surface area (TPSA) is 83.0 Å². The molecule has 0 aromatic heterocycles. The summed E-state index contributed by atoms with van der Waals surface area (Å²) in [5, 5.41) is 22.6. The standard InChI is InChI=1S/2C12BF10O3.Ca/c2*14-1-3(16)7(20)11(8(21)4(1)17)25-13(24)26-12-9(22)5(18)2(15)6(19)10(12)23;/q2*-1;+2. The van der Waals surface area contributed by atoms with Crippen LogP contribution >= 0.6 is 0 Å². The fourth-order valence-electron chi connectivity index (χ4n) is 3.19. The van der Waals surface area contributed by atoms with Gasteiger partial charge < -0.3 is 28.7 Å². The Balaban J connectivity index is 0.000000360. The summed E-state index contributed by atoms with van der Waals surface area (Å²) in [5.41, 5.74) is 0. The predicted octanol–water partition coefficient (Wildman–Crippen LogP) is 5.38. The fourth-order valence-corrected chi connectivity index (χ4v) is 3.19. The fraction of sp³-hybridized carbons (Fsp3) is 0. The van der Waals surface area contributed by atoms with E-state index >= 15 is 0 Å². The van der Waals surface area contributed by atoms with Crippen molar-refractivity contribution >= 4 is 52.4 Å². The summed E-state index contributed by atoms with van der Waals surface area (Å²) in [6, 6.07) is 0. The first-order valence-corrected chi connectivity index (χ1v) is 12.0. The molecule has 0 aliphatic carbocycles. The van der Waals surface area contributed by atoms with E-state index in [-0.39, 0.29) is 37.7 Å². The Labute approximate surface area is 307 Å². The Kier molecular flexibility index (Phi) is 14.8. The van der Waals surface area contributed by atoms with Crippen molar-refractivity contribution in [1.29, 1.82) is 0 Å². The Morgan fingerprint density at radius 1 is 0.226 bits per heavy atom. The number of hydrogen-bond donors (Lipinski definition) is 0. The minimum atomic E-state index is -3.48. The van der Waals surface area contributed by atoms with Gasteiger partial charge in [0, 0.05) is 0 Å². The van der Waals surface area contributed by atoms with E-state index in [1.807, 2.05) is 0 Å². The zero-order chi connectivity index (χ0) is 39.8. The van der Waals surface area contributed by atoms with Crippen LogP contribution in [0, 0.1) is 116 Å². The average Bonchev–Trinajstić information content (AvgIpc) is 3.12. The maximum atomic E-state index is 13.3. The van der Waals surface area contributed by atoms with Gasteiger partial charge in [0.25, 0.3) is 0 Å². The van der Waals surface area contributed by atoms with Gasteiger partial charge in [0.1, 0.15) is 0 Å². The Morgan fingerprint density at radius 3 is 0.434 bits per heavy atom. The van der Waals surface area contributed by atoms with Gasteiger partial charge in [-0.1, -0.05) is 0 Å². The average molecular weight is 826 g/mol. The van der Waals surface area contributed by atoms with E-state index in [1.54, 1.807) is 0 Å². The second-order valence-electron chi connectivity index (χ2n) is 8.64. The van der Waals surface area contributed by atoms with Crippen molar-refractivity contribution in [2.45, 2.75) is 0 Å². The van der Waals surface area contributed by atoms with Crippen molar-refractivity contribution in [2.24, 2.45) is 0 Å². The van der Waals surface area contributed by atoms with Crippen LogP contribution in [0.15, 0.2) is 0 Å². The molecule has 0 saturated carbocycles. The first-order chi connectivity index (χ1) is 24.0. The summed E-state index contributed by atoms with van der Waals surface area (Å²) in [6.07, 6.45) is 0. The molecule has 4 rings (SSSR count). The molecule has 4 aromatic rings. The van der Waals surface area contributed by atoms with Gasteiger partial charge in [0.15, 0.2) is 23.0 Å². The SMILES string of the molecule is [Ca+2].[O-]B(Oc1c(F)c(F)c(F)c(F)c1F)Oc1c(F)c(F)c(F)c(F)c1F.[O-]B(Oc1c(F)c(F)c(F)c(F)c1F)Oc1c(F)c(F)c(F)c(F)c1F. The van der Waals surface area contributed by atoms with Gasteiger partial charge in [-0.2, -0.15) is 35.1 Å². The van der Waals surface area contributed by atoms with Crippen LogP contribution in [0.25, 0.3) is 0 Å². The van der Waals surface area contributed by atoms with Crippen LogP contribution in [0.3, 0.4) is 0 Å². The zero-order valence-corrected chi connectivity index (χ0v) is 26.1. The summed E-state index contributed by atoms with van der Waals surface area (Å²) in [7, 11) is -6.95. The van der Waals surface area contributed by atoms with Gasteiger partial charge in [0.05, 0.1) is 0 Å². The normalized spacial score (nSPS) is 10.7. The minimum Gasteiger partial charge on any atom is -0.808 e. The van der Waals surface area contributed by atoms with Crippen LogP contribution in [-0.2, 0) is 0 Å². The van der Waals surface area contributed by atoms with Crippen molar-refractivity contribution in [3.8, 4) is 23.0 Å². The maximum Gasteiger partial charge on any atom is 2.00 e. The molecule has 6 nitrogen and oxygen atoms in total. The molecule has 0 aliphatic heterocycles. The number of hydrogen-bond acceptors (Lipinski definition) is 6. The summed E-state index contributed by atoms with van der Waals surface area (Å²) in [4.78, 5) is 0. The molecule has 280 valence electrons. The number of rotatable bonds is 8. The monoisotopic (exact) mass is 826 g/mol. The van der Waals surface area contributed by atoms with Crippen molar-refractivity contribution in [1.82, 2.24) is 0 Å². The summed E-state index contributed by atoms with van der Waals surface area (Å²) in [6.45, 7) is 0. The van der Waals surface area contributed by atoms with E-state index in [9.17, 15) is 97.9 Å². The molecular weight excluding hydrogens is 826 g/mol. The van der Waals surface area contributed by atoms with E-state index in [4.69, 9.17) is 0 Å². The molecule has 0 saturated heterocycles. The first-order valence-electron chi connectivity index (χ1n) is 12.0. The van der Waals surface area contributed by atoms with Crippen LogP contribution in [0.2, 0.25) is 0 Å². The van der Waals surface area contributed by atoms with Crippen molar-refractivity contribution in [3.05, 3.63) is 116 Å². The molecule has 0 bridgehead atoms. The largest absolute Gasteiger partial charge is 2.00 e. The molecule has 29 heteroatoms. The molecule has 0 fully saturated rings. The van der Waals surface area contributed by atoms with Crippen molar-refractivity contribution in [2.75, 3.05) is 0 Å². The molecule has 0 unspecified atom stereocenters. The summed E-state index contributed by atoms with van der Waals surface area (Å²) < 4.78 is 275. The molecule has 0 N–H and O–H groups in total. The Bertz CT molecular complexity index is 1670. The molecule has 4 aromatic carbocycles. The first kappa shape index (κ1) is 45.1. The predicted molar refractivity (Wildman–Crippen MR) is 125 cm³/mol. The molecule has 0 atom stereocenters. The summed E-state index contributed by atoms with van der Waals surface area (Å²) in [5.74, 6) is -60.5. The van der Waals surface area contributed by atoms with Crippen LogP contribution in [-0.4, -0.2) is 52.4 Å². The second kappa shape index (κ2) is 17.4. The smallest absolute Gasteiger partial charge is 0.808 e. The maximum absolute atomic E-state index is 13.3. The minimum absolute atomic E-state index is 0. The van der Waals surface area contributed by atoms with E-state index in [0.717, 1.165) is 0 Å². The number of halogens is 20. The number of benzene rings is 4. The van der Waals surface area contributed by atoms with Crippen LogP contribution in [0.5, 0.6) is 23.0 Å². The van der Waals surface area contributed by atoms with E-state index < -0.39 is 154 Å². The second-order valence-corrected chi connectivity index (χ2v) is 8.64. The Hall–Kier alpha value is -4.01. The van der Waals surface area contributed by atoms with E-state index in [0.29, 0.717) is 0 Å². The van der Waals surface area contributed by atoms with Crippen molar-refractivity contribution < 1.29 is 116 Å². The Morgan fingerprint density at radius 2 is 0.321 bits per heavy atom. The third-order valence-electron chi connectivity index (χ3n) is 5.53. The van der Waals surface area contributed by atoms with Crippen LogP contribution in [0.4, 0.5) is 87.8 Å². The van der Waals surface area contributed by atoms with Crippen molar-refractivity contribution in [3.63, 3.8) is 0 Å². The third-order valence-corrected chi connectivity index (χ3v) is 5.53. The van der Waals surface area contributed by atoms with Gasteiger partial charge in [-0.15, -0.1) is 0 Å². The molecule has 53 heavy (non-hydrogen) atoms. The molecule has 0 aliphatic rings. The molecular formula is C24B2CaF20O6. The van der Waals surface area contributed by atoms with Gasteiger partial charge in [0.2, 0.25) is 116 Å². The third kappa shape index (κ3) is 8.70. The van der Waals surface area contributed by atoms with E-state index in [1.165, 1.54) is 0 Å². The summed E-state index contributed by atoms with van der Waals surface area (Å²) >= 11 is 0. The van der Waals surface area contributed by atoms with Gasteiger partial charge in [-0.3, -0.25) is 0 Å². The van der Waals surface area contributed by atoms with Gasteiger partial charge >= 0.3 is 52.4 Å². The van der Waals surface area contributed by atoms with Crippen LogP contribution in [0.1, 0.15) is 0 Å². The van der Waals surface area contributed by atoms with Gasteiger partial charge in [-0.25, -0.2) is 52.7 Å². The molecule has 0 heterocycles. The molecule has 0 spiro atoms. The van der Waals surface area contributed by atoms with Gasteiger partial charge in [-0.05, 0) is 0 Å².